The molecule has 2 aromatic carbocycles. The average Bonchev–Trinajstić information content (AvgIpc) is 2.41. The van der Waals surface area contributed by atoms with Crippen LogP contribution < -0.4 is 5.32 Å². The topological polar surface area (TPSA) is 12.0 Å². The fourth-order valence-electron chi connectivity index (χ4n) is 2.90. The second kappa shape index (κ2) is 6.86. The van der Waals surface area contributed by atoms with E-state index in [0.717, 1.165) is 24.1 Å². The van der Waals surface area contributed by atoms with Crippen molar-refractivity contribution >= 4 is 0 Å². The van der Waals surface area contributed by atoms with Crippen molar-refractivity contribution in [2.45, 2.75) is 40.2 Å². The van der Waals surface area contributed by atoms with Crippen LogP contribution in [0.15, 0.2) is 36.4 Å². The molecule has 2 aromatic rings. The molecule has 0 spiro atoms. The molecule has 112 valence electrons. The molecular weight excluding hydrogens is 261 g/mol. The predicted octanol–water partition coefficient (Wildman–Crippen LogP) is 4.84. The first-order valence-electron chi connectivity index (χ1n) is 7.59. The third kappa shape index (κ3) is 3.70. The van der Waals surface area contributed by atoms with Gasteiger partial charge < -0.3 is 5.32 Å². The Morgan fingerprint density at radius 2 is 1.71 bits per heavy atom. The van der Waals surface area contributed by atoms with Crippen molar-refractivity contribution < 1.29 is 4.39 Å². The van der Waals surface area contributed by atoms with Crippen molar-refractivity contribution in [1.29, 1.82) is 0 Å². The molecule has 0 heterocycles. The zero-order valence-electron chi connectivity index (χ0n) is 13.3. The van der Waals surface area contributed by atoms with Crippen LogP contribution in [0.4, 0.5) is 4.39 Å². The summed E-state index contributed by atoms with van der Waals surface area (Å²) in [6.45, 7) is 9.17. The van der Waals surface area contributed by atoms with Crippen molar-refractivity contribution in [2.75, 3.05) is 6.54 Å². The van der Waals surface area contributed by atoms with Gasteiger partial charge in [0, 0.05) is 0 Å². The van der Waals surface area contributed by atoms with E-state index in [4.69, 9.17) is 0 Å². The molecule has 0 aromatic heterocycles. The third-order valence-corrected chi connectivity index (χ3v) is 3.82. The second-order valence-electron chi connectivity index (χ2n) is 5.75. The number of nitrogens with one attached hydrogen (secondary N) is 1. The summed E-state index contributed by atoms with van der Waals surface area (Å²) in [6, 6.07) is 11.9. The summed E-state index contributed by atoms with van der Waals surface area (Å²) in [5, 5.41) is 3.61. The van der Waals surface area contributed by atoms with Gasteiger partial charge in [-0.2, -0.15) is 0 Å². The summed E-state index contributed by atoms with van der Waals surface area (Å²) in [5.74, 6) is -0.160. The Hall–Kier alpha value is -1.67. The van der Waals surface area contributed by atoms with Crippen LogP contribution in [0.1, 0.15) is 47.2 Å². The zero-order valence-corrected chi connectivity index (χ0v) is 13.3. The summed E-state index contributed by atoms with van der Waals surface area (Å²) < 4.78 is 13.6. The van der Waals surface area contributed by atoms with E-state index in [9.17, 15) is 4.39 Å². The SMILES string of the molecule is CCCNC(c1cccc(C)c1)c1c(C)cc(F)cc1C. The minimum atomic E-state index is -0.160. The lowest BCUT2D eigenvalue weighted by Gasteiger charge is -2.24. The predicted molar refractivity (Wildman–Crippen MR) is 87.2 cm³/mol. The van der Waals surface area contributed by atoms with Gasteiger partial charge in [0.1, 0.15) is 5.82 Å². The maximum absolute atomic E-state index is 13.6. The first kappa shape index (κ1) is 15.7. The highest BCUT2D eigenvalue weighted by molar-refractivity contribution is 5.43. The summed E-state index contributed by atoms with van der Waals surface area (Å²) in [7, 11) is 0. The summed E-state index contributed by atoms with van der Waals surface area (Å²) in [5.41, 5.74) is 5.68. The van der Waals surface area contributed by atoms with Gasteiger partial charge in [0.15, 0.2) is 0 Å². The van der Waals surface area contributed by atoms with Crippen molar-refractivity contribution in [2.24, 2.45) is 0 Å². The molecule has 0 bridgehead atoms. The molecule has 0 amide bonds. The largest absolute Gasteiger partial charge is 0.306 e. The van der Waals surface area contributed by atoms with Crippen LogP contribution in [-0.4, -0.2) is 6.54 Å². The molecule has 0 saturated heterocycles. The molecule has 1 nitrogen and oxygen atoms in total. The molecule has 0 saturated carbocycles. The van der Waals surface area contributed by atoms with Gasteiger partial charge >= 0.3 is 0 Å². The van der Waals surface area contributed by atoms with Crippen LogP contribution in [0.3, 0.4) is 0 Å². The lowest BCUT2D eigenvalue weighted by molar-refractivity contribution is 0.586. The van der Waals surface area contributed by atoms with Crippen LogP contribution >= 0.6 is 0 Å². The van der Waals surface area contributed by atoms with Crippen LogP contribution in [0.2, 0.25) is 0 Å². The van der Waals surface area contributed by atoms with Gasteiger partial charge in [-0.15, -0.1) is 0 Å². The second-order valence-corrected chi connectivity index (χ2v) is 5.75. The standard InChI is InChI=1S/C19H24FN/c1-5-9-21-19(16-8-6-7-13(2)10-16)18-14(3)11-17(20)12-15(18)4/h6-8,10-12,19,21H,5,9H2,1-4H3. The maximum Gasteiger partial charge on any atom is 0.123 e. The first-order chi connectivity index (χ1) is 10.0. The maximum atomic E-state index is 13.6. The first-order valence-corrected chi connectivity index (χ1v) is 7.59. The van der Waals surface area contributed by atoms with E-state index < -0.39 is 0 Å². The molecule has 2 rings (SSSR count). The van der Waals surface area contributed by atoms with E-state index in [1.165, 1.54) is 16.7 Å². The molecule has 1 unspecified atom stereocenters. The fraction of sp³-hybridized carbons (Fsp3) is 0.368. The highest BCUT2D eigenvalue weighted by Crippen LogP contribution is 2.29. The van der Waals surface area contributed by atoms with Gasteiger partial charge in [0.05, 0.1) is 6.04 Å². The van der Waals surface area contributed by atoms with Gasteiger partial charge in [-0.3, -0.25) is 0 Å². The van der Waals surface area contributed by atoms with E-state index in [1.807, 2.05) is 13.8 Å². The van der Waals surface area contributed by atoms with Gasteiger partial charge in [-0.05, 0) is 68.1 Å². The minimum absolute atomic E-state index is 0.116. The monoisotopic (exact) mass is 285 g/mol. The Bertz CT molecular complexity index is 596. The van der Waals surface area contributed by atoms with Gasteiger partial charge in [-0.25, -0.2) is 4.39 Å². The Morgan fingerprint density at radius 3 is 2.29 bits per heavy atom. The van der Waals surface area contributed by atoms with Crippen molar-refractivity contribution in [3.8, 4) is 0 Å². The Kier molecular flexibility index (Phi) is 5.13. The van der Waals surface area contributed by atoms with Crippen LogP contribution in [0.25, 0.3) is 0 Å². The molecule has 21 heavy (non-hydrogen) atoms. The molecule has 1 atom stereocenters. The van der Waals surface area contributed by atoms with Crippen LogP contribution in [-0.2, 0) is 0 Å². The summed E-state index contributed by atoms with van der Waals surface area (Å²) in [6.07, 6.45) is 1.07. The van der Waals surface area contributed by atoms with E-state index in [1.54, 1.807) is 12.1 Å². The molecule has 0 fully saturated rings. The number of halogens is 1. The molecule has 1 N–H and O–H groups in total. The summed E-state index contributed by atoms with van der Waals surface area (Å²) >= 11 is 0. The molecule has 0 aliphatic carbocycles. The lowest BCUT2D eigenvalue weighted by Crippen LogP contribution is -2.25. The molecule has 2 heteroatoms. The average molecular weight is 285 g/mol. The fourth-order valence-corrected chi connectivity index (χ4v) is 2.90. The van der Waals surface area contributed by atoms with Crippen molar-refractivity contribution in [3.63, 3.8) is 0 Å². The number of hydrogen-bond donors (Lipinski definition) is 1. The number of benzene rings is 2. The molecule has 0 radical (unpaired) electrons. The zero-order chi connectivity index (χ0) is 15.4. The summed E-state index contributed by atoms with van der Waals surface area (Å²) in [4.78, 5) is 0. The van der Waals surface area contributed by atoms with Crippen LogP contribution in [0, 0.1) is 26.6 Å². The Morgan fingerprint density at radius 1 is 1.05 bits per heavy atom. The molecule has 0 aliphatic heterocycles. The highest BCUT2D eigenvalue weighted by atomic mass is 19.1. The van der Waals surface area contributed by atoms with Gasteiger partial charge in [0.25, 0.3) is 0 Å². The van der Waals surface area contributed by atoms with E-state index in [2.05, 4.69) is 43.4 Å². The van der Waals surface area contributed by atoms with Crippen LogP contribution in [0.5, 0.6) is 0 Å². The number of aryl methyl sites for hydroxylation is 3. The van der Waals surface area contributed by atoms with Gasteiger partial charge in [-0.1, -0.05) is 36.8 Å². The normalized spacial score (nSPS) is 12.4. The lowest BCUT2D eigenvalue weighted by atomic mass is 9.90. The molecule has 0 aliphatic rings. The van der Waals surface area contributed by atoms with E-state index >= 15 is 0 Å². The van der Waals surface area contributed by atoms with Gasteiger partial charge in [0.2, 0.25) is 0 Å². The van der Waals surface area contributed by atoms with E-state index in [-0.39, 0.29) is 11.9 Å². The molecular formula is C19H24FN. The minimum Gasteiger partial charge on any atom is -0.306 e. The van der Waals surface area contributed by atoms with Crippen molar-refractivity contribution in [3.05, 3.63) is 70.0 Å². The highest BCUT2D eigenvalue weighted by Gasteiger charge is 2.18. The Balaban J connectivity index is 2.50. The van der Waals surface area contributed by atoms with Crippen molar-refractivity contribution in [1.82, 2.24) is 5.32 Å². The smallest absolute Gasteiger partial charge is 0.123 e. The number of rotatable bonds is 5. The number of hydrogen-bond acceptors (Lipinski definition) is 1. The quantitative estimate of drug-likeness (QED) is 0.829. The van der Waals surface area contributed by atoms with E-state index in [0.29, 0.717) is 0 Å². The third-order valence-electron chi connectivity index (χ3n) is 3.82. The Labute approximate surface area is 127 Å².